The summed E-state index contributed by atoms with van der Waals surface area (Å²) >= 11 is 9.22. The molecule has 22 heavy (non-hydrogen) atoms. The number of hydrazone groups is 1. The summed E-state index contributed by atoms with van der Waals surface area (Å²) < 4.78 is 25.2. The highest BCUT2D eigenvalue weighted by Crippen LogP contribution is 2.15. The minimum atomic E-state index is -3.69. The maximum absolute atomic E-state index is 12.2. The molecule has 0 unspecified atom stereocenters. The van der Waals surface area contributed by atoms with Gasteiger partial charge in [0.05, 0.1) is 10.6 Å². The van der Waals surface area contributed by atoms with Crippen LogP contribution in [0.15, 0.2) is 63.0 Å². The van der Waals surface area contributed by atoms with Crippen LogP contribution < -0.4 is 4.83 Å². The topological polar surface area (TPSA) is 58.5 Å². The van der Waals surface area contributed by atoms with Gasteiger partial charge in [-0.2, -0.15) is 18.4 Å². The number of rotatable bonds is 5. The van der Waals surface area contributed by atoms with Crippen LogP contribution in [-0.2, 0) is 10.0 Å². The van der Waals surface area contributed by atoms with Crippen molar-refractivity contribution in [2.45, 2.75) is 18.2 Å². The molecular weight excluding hydrogens is 388 g/mol. The van der Waals surface area contributed by atoms with Crippen molar-refractivity contribution in [2.24, 2.45) is 5.10 Å². The van der Waals surface area contributed by atoms with Crippen molar-refractivity contribution in [3.05, 3.63) is 63.6 Å². The Kier molecular flexibility index (Phi) is 5.61. The summed E-state index contributed by atoms with van der Waals surface area (Å²) in [5.41, 5.74) is 1.40. The van der Waals surface area contributed by atoms with Crippen molar-refractivity contribution in [1.82, 2.24) is 4.83 Å². The lowest BCUT2D eigenvalue weighted by molar-refractivity contribution is 0.584. The lowest BCUT2D eigenvalue weighted by Crippen LogP contribution is -2.20. The van der Waals surface area contributed by atoms with Gasteiger partial charge in [0.1, 0.15) is 0 Å². The Labute approximate surface area is 143 Å². The highest BCUT2D eigenvalue weighted by Gasteiger charge is 2.13. The van der Waals surface area contributed by atoms with Crippen LogP contribution in [0.25, 0.3) is 0 Å². The Bertz CT molecular complexity index is 789. The second kappa shape index (κ2) is 7.26. The van der Waals surface area contributed by atoms with Gasteiger partial charge in [-0.15, -0.1) is 0 Å². The second-order valence-electron chi connectivity index (χ2n) is 4.47. The largest absolute Gasteiger partial charge is 0.276 e. The van der Waals surface area contributed by atoms with Gasteiger partial charge in [0.25, 0.3) is 10.0 Å². The van der Waals surface area contributed by atoms with E-state index in [2.05, 4.69) is 25.9 Å². The van der Waals surface area contributed by atoms with Gasteiger partial charge in [0.2, 0.25) is 0 Å². The van der Waals surface area contributed by atoms with Gasteiger partial charge in [0, 0.05) is 9.50 Å². The molecule has 0 heterocycles. The van der Waals surface area contributed by atoms with E-state index in [1.165, 1.54) is 12.1 Å². The SMILES string of the molecule is CC/C(=N/NS(=O)(=O)c1ccc(Br)cc1)c1cccc(Cl)c1. The third kappa shape index (κ3) is 4.32. The van der Waals surface area contributed by atoms with Crippen molar-refractivity contribution >= 4 is 43.3 Å². The number of sulfonamides is 1. The maximum Gasteiger partial charge on any atom is 0.276 e. The fourth-order valence-electron chi connectivity index (χ4n) is 1.80. The van der Waals surface area contributed by atoms with Crippen LogP contribution in [0.4, 0.5) is 0 Å². The molecule has 0 aliphatic carbocycles. The Hall–Kier alpha value is -1.37. The molecule has 2 aromatic carbocycles. The average molecular weight is 402 g/mol. The van der Waals surface area contributed by atoms with Crippen LogP contribution in [0.1, 0.15) is 18.9 Å². The van der Waals surface area contributed by atoms with E-state index >= 15 is 0 Å². The molecule has 0 fully saturated rings. The molecule has 0 atom stereocenters. The van der Waals surface area contributed by atoms with E-state index in [0.717, 1.165) is 10.0 Å². The van der Waals surface area contributed by atoms with Gasteiger partial charge < -0.3 is 0 Å². The van der Waals surface area contributed by atoms with Crippen LogP contribution in [0.3, 0.4) is 0 Å². The Morgan fingerprint density at radius 2 is 1.91 bits per heavy atom. The summed E-state index contributed by atoms with van der Waals surface area (Å²) in [7, 11) is -3.69. The summed E-state index contributed by atoms with van der Waals surface area (Å²) in [4.78, 5) is 2.42. The number of hydrogen-bond donors (Lipinski definition) is 1. The summed E-state index contributed by atoms with van der Waals surface area (Å²) in [5.74, 6) is 0. The Morgan fingerprint density at radius 3 is 2.50 bits per heavy atom. The van der Waals surface area contributed by atoms with Crippen LogP contribution in [0.5, 0.6) is 0 Å². The van der Waals surface area contributed by atoms with E-state index in [-0.39, 0.29) is 4.90 Å². The minimum absolute atomic E-state index is 0.154. The first-order chi connectivity index (χ1) is 10.4. The molecular formula is C15H14BrClN2O2S. The van der Waals surface area contributed by atoms with Gasteiger partial charge in [-0.3, -0.25) is 0 Å². The molecule has 0 aromatic heterocycles. The fraction of sp³-hybridized carbons (Fsp3) is 0.133. The first-order valence-electron chi connectivity index (χ1n) is 6.52. The predicted molar refractivity (Wildman–Crippen MR) is 92.7 cm³/mol. The van der Waals surface area contributed by atoms with Gasteiger partial charge in [0.15, 0.2) is 0 Å². The molecule has 0 saturated carbocycles. The molecule has 0 bridgehead atoms. The van der Waals surface area contributed by atoms with E-state index < -0.39 is 10.0 Å². The van der Waals surface area contributed by atoms with Gasteiger partial charge in [-0.05, 0) is 48.4 Å². The second-order valence-corrected chi connectivity index (χ2v) is 7.48. The number of hydrogen-bond acceptors (Lipinski definition) is 3. The lowest BCUT2D eigenvalue weighted by Gasteiger charge is -2.07. The van der Waals surface area contributed by atoms with Crippen molar-refractivity contribution in [1.29, 1.82) is 0 Å². The third-order valence-electron chi connectivity index (χ3n) is 2.92. The monoisotopic (exact) mass is 400 g/mol. The average Bonchev–Trinajstić information content (AvgIpc) is 2.48. The minimum Gasteiger partial charge on any atom is -0.200 e. The summed E-state index contributed by atoms with van der Waals surface area (Å²) in [6, 6.07) is 13.5. The summed E-state index contributed by atoms with van der Waals surface area (Å²) in [6.07, 6.45) is 0.573. The predicted octanol–water partition coefficient (Wildman–Crippen LogP) is 4.20. The van der Waals surface area contributed by atoms with Crippen molar-refractivity contribution in [3.63, 3.8) is 0 Å². The van der Waals surface area contributed by atoms with Crippen LogP contribution in [0.2, 0.25) is 5.02 Å². The normalized spacial score (nSPS) is 12.2. The molecule has 4 nitrogen and oxygen atoms in total. The molecule has 0 saturated heterocycles. The van der Waals surface area contributed by atoms with E-state index in [4.69, 9.17) is 11.6 Å². The lowest BCUT2D eigenvalue weighted by atomic mass is 10.1. The molecule has 0 aliphatic heterocycles. The number of nitrogens with one attached hydrogen (secondary N) is 1. The Morgan fingerprint density at radius 1 is 1.23 bits per heavy atom. The first-order valence-corrected chi connectivity index (χ1v) is 9.17. The van der Waals surface area contributed by atoms with Crippen molar-refractivity contribution in [2.75, 3.05) is 0 Å². The summed E-state index contributed by atoms with van der Waals surface area (Å²) in [5, 5.41) is 4.61. The van der Waals surface area contributed by atoms with E-state index in [9.17, 15) is 8.42 Å². The standard InChI is InChI=1S/C15H14BrClN2O2S/c1-2-15(11-4-3-5-13(17)10-11)18-19-22(20,21)14-8-6-12(16)7-9-14/h3-10,19H,2H2,1H3/b18-15-. The molecule has 2 rings (SSSR count). The van der Waals surface area contributed by atoms with E-state index in [1.807, 2.05) is 13.0 Å². The Balaban J connectivity index is 2.26. The van der Waals surface area contributed by atoms with Gasteiger partial charge in [-0.1, -0.05) is 46.6 Å². The van der Waals surface area contributed by atoms with Crippen LogP contribution in [-0.4, -0.2) is 14.1 Å². The van der Waals surface area contributed by atoms with Crippen molar-refractivity contribution < 1.29 is 8.42 Å². The maximum atomic E-state index is 12.2. The smallest absolute Gasteiger partial charge is 0.200 e. The zero-order valence-electron chi connectivity index (χ0n) is 11.8. The first kappa shape index (κ1) is 17.0. The number of halogens is 2. The van der Waals surface area contributed by atoms with E-state index in [1.54, 1.807) is 30.3 Å². The molecule has 0 aliphatic rings. The van der Waals surface area contributed by atoms with Gasteiger partial charge in [-0.25, -0.2) is 0 Å². The quantitative estimate of drug-likeness (QED) is 0.603. The highest BCUT2D eigenvalue weighted by atomic mass is 79.9. The number of nitrogens with zero attached hydrogens (tertiary/aromatic N) is 1. The summed E-state index contributed by atoms with van der Waals surface area (Å²) in [6.45, 7) is 1.90. The van der Waals surface area contributed by atoms with E-state index in [0.29, 0.717) is 17.2 Å². The van der Waals surface area contributed by atoms with Gasteiger partial charge >= 0.3 is 0 Å². The zero-order valence-corrected chi connectivity index (χ0v) is 14.9. The third-order valence-corrected chi connectivity index (χ3v) is 4.91. The molecule has 2 aromatic rings. The zero-order chi connectivity index (χ0) is 16.2. The number of benzene rings is 2. The molecule has 0 amide bonds. The molecule has 1 N–H and O–H groups in total. The molecule has 7 heteroatoms. The van der Waals surface area contributed by atoms with Crippen LogP contribution >= 0.6 is 27.5 Å². The fourth-order valence-corrected chi connectivity index (χ4v) is 3.08. The molecule has 0 radical (unpaired) electrons. The highest BCUT2D eigenvalue weighted by molar-refractivity contribution is 9.10. The molecule has 0 spiro atoms. The molecule has 116 valence electrons. The van der Waals surface area contributed by atoms with Crippen LogP contribution in [0, 0.1) is 0 Å². The van der Waals surface area contributed by atoms with Crippen molar-refractivity contribution in [3.8, 4) is 0 Å².